The summed E-state index contributed by atoms with van der Waals surface area (Å²) in [6.45, 7) is 4.23. The number of aromatic amines is 1. The van der Waals surface area contributed by atoms with Crippen LogP contribution in [-0.2, 0) is 0 Å². The van der Waals surface area contributed by atoms with Crippen LogP contribution in [0, 0.1) is 13.8 Å². The fraction of sp³-hybridized carbons (Fsp3) is 0.154. The molecule has 0 aliphatic carbocycles. The first kappa shape index (κ1) is 19.8. The molecular weight excluding hydrogens is 432 g/mol. The number of aromatic nitrogens is 4. The average Bonchev–Trinajstić information content (AvgIpc) is 3.52. The molecular formula is C26H22N4O2S. The predicted molar refractivity (Wildman–Crippen MR) is 134 cm³/mol. The van der Waals surface area contributed by atoms with Gasteiger partial charge in [-0.3, -0.25) is 4.40 Å². The Morgan fingerprint density at radius 1 is 0.879 bits per heavy atom. The van der Waals surface area contributed by atoms with Gasteiger partial charge in [-0.1, -0.05) is 17.4 Å². The Labute approximate surface area is 194 Å². The number of aryl methyl sites for hydroxylation is 2. The SMILES string of the molecule is COc1ccc(-c2nc3sc4cc(OC)ccc4n3c2-c2nc3c(C)c(C)ccc3[nH]2)cc1. The van der Waals surface area contributed by atoms with Gasteiger partial charge in [0, 0.05) is 5.56 Å². The molecule has 0 saturated heterocycles. The van der Waals surface area contributed by atoms with Gasteiger partial charge in [0.1, 0.15) is 22.9 Å². The second-order valence-corrected chi connectivity index (χ2v) is 9.09. The Balaban J connectivity index is 1.68. The molecule has 0 radical (unpaired) electrons. The Hall–Kier alpha value is -3.84. The third-order valence-corrected chi connectivity index (χ3v) is 7.23. The Kier molecular flexibility index (Phi) is 4.41. The van der Waals surface area contributed by atoms with Gasteiger partial charge in [-0.15, -0.1) is 0 Å². The summed E-state index contributed by atoms with van der Waals surface area (Å²) in [6.07, 6.45) is 0. The molecule has 3 heterocycles. The van der Waals surface area contributed by atoms with Gasteiger partial charge in [-0.25, -0.2) is 9.97 Å². The van der Waals surface area contributed by atoms with Crippen LogP contribution in [0.1, 0.15) is 11.1 Å². The quantitative estimate of drug-likeness (QED) is 0.335. The summed E-state index contributed by atoms with van der Waals surface area (Å²) >= 11 is 1.64. The topological polar surface area (TPSA) is 64.4 Å². The summed E-state index contributed by atoms with van der Waals surface area (Å²) in [5, 5.41) is 0. The fourth-order valence-corrected chi connectivity index (χ4v) is 5.33. The van der Waals surface area contributed by atoms with Gasteiger partial charge < -0.3 is 14.5 Å². The molecule has 6 nitrogen and oxygen atoms in total. The molecule has 0 fully saturated rings. The van der Waals surface area contributed by atoms with Crippen LogP contribution in [0.2, 0.25) is 0 Å². The predicted octanol–water partition coefficient (Wildman–Crippen LogP) is 6.39. The van der Waals surface area contributed by atoms with Crippen LogP contribution in [0.4, 0.5) is 0 Å². The van der Waals surface area contributed by atoms with E-state index >= 15 is 0 Å². The zero-order valence-electron chi connectivity index (χ0n) is 18.8. The molecule has 3 aromatic heterocycles. The summed E-state index contributed by atoms with van der Waals surface area (Å²) in [5.41, 5.74) is 8.33. The monoisotopic (exact) mass is 454 g/mol. The normalized spacial score (nSPS) is 11.6. The lowest BCUT2D eigenvalue weighted by molar-refractivity contribution is 0.415. The van der Waals surface area contributed by atoms with Crippen molar-refractivity contribution in [1.82, 2.24) is 19.4 Å². The molecule has 6 aromatic rings. The molecule has 164 valence electrons. The Morgan fingerprint density at radius 2 is 1.64 bits per heavy atom. The summed E-state index contributed by atoms with van der Waals surface area (Å²) in [5.74, 6) is 2.44. The number of rotatable bonds is 4. The van der Waals surface area contributed by atoms with Crippen LogP contribution < -0.4 is 9.47 Å². The van der Waals surface area contributed by atoms with Gasteiger partial charge in [0.05, 0.1) is 35.5 Å². The highest BCUT2D eigenvalue weighted by atomic mass is 32.1. The van der Waals surface area contributed by atoms with Crippen LogP contribution in [0.5, 0.6) is 11.5 Å². The van der Waals surface area contributed by atoms with Gasteiger partial charge in [0.25, 0.3) is 0 Å². The maximum Gasteiger partial charge on any atom is 0.195 e. The van der Waals surface area contributed by atoms with Crippen molar-refractivity contribution in [3.05, 3.63) is 65.7 Å². The van der Waals surface area contributed by atoms with Crippen molar-refractivity contribution in [2.24, 2.45) is 0 Å². The summed E-state index contributed by atoms with van der Waals surface area (Å²) in [6, 6.07) is 18.3. The van der Waals surface area contributed by atoms with Crippen LogP contribution in [0.3, 0.4) is 0 Å². The van der Waals surface area contributed by atoms with Gasteiger partial charge in [0.2, 0.25) is 0 Å². The summed E-state index contributed by atoms with van der Waals surface area (Å²) in [4.78, 5) is 14.6. The first-order chi connectivity index (χ1) is 16.1. The number of nitrogens with one attached hydrogen (secondary N) is 1. The number of nitrogens with zero attached hydrogens (tertiary/aromatic N) is 3. The van der Waals surface area contributed by atoms with Crippen molar-refractivity contribution < 1.29 is 9.47 Å². The molecule has 33 heavy (non-hydrogen) atoms. The second kappa shape index (κ2) is 7.35. The van der Waals surface area contributed by atoms with E-state index in [2.05, 4.69) is 47.5 Å². The largest absolute Gasteiger partial charge is 0.497 e. The zero-order valence-corrected chi connectivity index (χ0v) is 19.6. The number of fused-ring (bicyclic) bond motifs is 4. The number of hydrogen-bond donors (Lipinski definition) is 1. The average molecular weight is 455 g/mol. The number of thiazole rings is 1. The lowest BCUT2D eigenvalue weighted by atomic mass is 10.1. The first-order valence-electron chi connectivity index (χ1n) is 10.7. The van der Waals surface area contributed by atoms with E-state index in [0.29, 0.717) is 0 Å². The molecule has 0 atom stereocenters. The minimum atomic E-state index is 0.799. The summed E-state index contributed by atoms with van der Waals surface area (Å²) in [7, 11) is 3.36. The summed E-state index contributed by atoms with van der Waals surface area (Å²) < 4.78 is 14.1. The molecule has 0 unspecified atom stereocenters. The van der Waals surface area contributed by atoms with Crippen molar-refractivity contribution >= 4 is 37.5 Å². The van der Waals surface area contributed by atoms with Crippen LogP contribution >= 0.6 is 11.3 Å². The highest BCUT2D eigenvalue weighted by Gasteiger charge is 2.23. The molecule has 0 amide bonds. The molecule has 0 bridgehead atoms. The molecule has 0 saturated carbocycles. The number of methoxy groups -OCH3 is 2. The van der Waals surface area contributed by atoms with E-state index in [1.807, 2.05) is 30.3 Å². The van der Waals surface area contributed by atoms with E-state index < -0.39 is 0 Å². The number of ether oxygens (including phenoxy) is 2. The smallest absolute Gasteiger partial charge is 0.195 e. The van der Waals surface area contributed by atoms with E-state index in [9.17, 15) is 0 Å². The van der Waals surface area contributed by atoms with Crippen molar-refractivity contribution in [3.8, 4) is 34.3 Å². The fourth-order valence-electron chi connectivity index (χ4n) is 4.27. The highest BCUT2D eigenvalue weighted by molar-refractivity contribution is 7.23. The highest BCUT2D eigenvalue weighted by Crippen LogP contribution is 2.39. The molecule has 0 spiro atoms. The zero-order chi connectivity index (χ0) is 22.7. The molecule has 1 N–H and O–H groups in total. The third-order valence-electron chi connectivity index (χ3n) is 6.22. The molecule has 0 aliphatic rings. The minimum absolute atomic E-state index is 0.799. The minimum Gasteiger partial charge on any atom is -0.497 e. The van der Waals surface area contributed by atoms with Crippen LogP contribution in [0.15, 0.2) is 54.6 Å². The second-order valence-electron chi connectivity index (χ2n) is 8.08. The van der Waals surface area contributed by atoms with E-state index in [1.54, 1.807) is 25.6 Å². The lowest BCUT2D eigenvalue weighted by Gasteiger charge is -2.05. The standard InChI is InChI=1S/C26H22N4O2S/c1-14-5-11-19-22(15(14)2)28-25(27-19)24-23(16-6-8-17(31-3)9-7-16)29-26-30(24)20-12-10-18(32-4)13-21(20)33-26/h5-13H,1-4H3,(H,27,28). The van der Waals surface area contributed by atoms with Crippen molar-refractivity contribution in [2.45, 2.75) is 13.8 Å². The molecule has 6 rings (SSSR count). The van der Waals surface area contributed by atoms with E-state index in [1.165, 1.54) is 11.1 Å². The van der Waals surface area contributed by atoms with Gasteiger partial charge >= 0.3 is 0 Å². The van der Waals surface area contributed by atoms with E-state index in [4.69, 9.17) is 19.4 Å². The number of benzene rings is 3. The third kappa shape index (κ3) is 3.00. The number of H-pyrrole nitrogens is 1. The van der Waals surface area contributed by atoms with Crippen molar-refractivity contribution in [3.63, 3.8) is 0 Å². The maximum absolute atomic E-state index is 5.44. The molecule has 7 heteroatoms. The first-order valence-corrected chi connectivity index (χ1v) is 11.5. The van der Waals surface area contributed by atoms with Gasteiger partial charge in [-0.05, 0) is 73.5 Å². The Morgan fingerprint density at radius 3 is 2.39 bits per heavy atom. The van der Waals surface area contributed by atoms with Gasteiger partial charge in [-0.2, -0.15) is 0 Å². The van der Waals surface area contributed by atoms with Gasteiger partial charge in [0.15, 0.2) is 10.8 Å². The van der Waals surface area contributed by atoms with E-state index in [0.717, 1.165) is 60.5 Å². The van der Waals surface area contributed by atoms with Crippen LogP contribution in [-0.4, -0.2) is 33.6 Å². The molecule has 0 aliphatic heterocycles. The lowest BCUT2D eigenvalue weighted by Crippen LogP contribution is -1.92. The maximum atomic E-state index is 5.44. The number of hydrogen-bond acceptors (Lipinski definition) is 5. The van der Waals surface area contributed by atoms with Crippen molar-refractivity contribution in [1.29, 1.82) is 0 Å². The molecule has 3 aromatic carbocycles. The number of imidazole rings is 2. The van der Waals surface area contributed by atoms with Crippen LogP contribution in [0.25, 0.3) is 49.0 Å². The van der Waals surface area contributed by atoms with Crippen molar-refractivity contribution in [2.75, 3.05) is 14.2 Å². The van der Waals surface area contributed by atoms with E-state index in [-0.39, 0.29) is 0 Å². The Bertz CT molecular complexity index is 1660.